The molecule has 1 atom stereocenters. The minimum atomic E-state index is -0.131. The number of fused-ring (bicyclic) bond motifs is 1. The number of carbonyl (C=O) groups is 1. The number of benzene rings is 2. The van der Waals surface area contributed by atoms with Crippen LogP contribution in [0.4, 0.5) is 0 Å². The van der Waals surface area contributed by atoms with Crippen molar-refractivity contribution in [2.75, 3.05) is 13.2 Å². The molecular formula is C22H27ClN2O2. The highest BCUT2D eigenvalue weighted by molar-refractivity contribution is 5.85. The van der Waals surface area contributed by atoms with Crippen molar-refractivity contribution in [2.45, 2.75) is 43.2 Å². The first kappa shape index (κ1) is 19.9. The third kappa shape index (κ3) is 4.03. The summed E-state index contributed by atoms with van der Waals surface area (Å²) in [6.07, 6.45) is 2.98. The van der Waals surface area contributed by atoms with Crippen molar-refractivity contribution in [2.24, 2.45) is 5.73 Å². The van der Waals surface area contributed by atoms with Crippen LogP contribution in [0.5, 0.6) is 0 Å². The van der Waals surface area contributed by atoms with E-state index in [4.69, 9.17) is 10.5 Å². The van der Waals surface area contributed by atoms with Crippen molar-refractivity contribution in [1.29, 1.82) is 0 Å². The summed E-state index contributed by atoms with van der Waals surface area (Å²) in [5.41, 5.74) is 9.80. The van der Waals surface area contributed by atoms with E-state index in [1.54, 1.807) is 0 Å². The number of rotatable bonds is 5. The molecule has 4 rings (SSSR count). The van der Waals surface area contributed by atoms with Gasteiger partial charge in [0.25, 0.3) is 0 Å². The summed E-state index contributed by atoms with van der Waals surface area (Å²) >= 11 is 0. The van der Waals surface area contributed by atoms with Gasteiger partial charge in [-0.2, -0.15) is 0 Å². The van der Waals surface area contributed by atoms with Crippen LogP contribution in [0.1, 0.15) is 42.1 Å². The maximum Gasteiger partial charge on any atom is 0.223 e. The zero-order valence-corrected chi connectivity index (χ0v) is 16.2. The van der Waals surface area contributed by atoms with Gasteiger partial charge in [0.05, 0.1) is 19.1 Å². The first-order valence-electron chi connectivity index (χ1n) is 9.44. The van der Waals surface area contributed by atoms with Crippen molar-refractivity contribution >= 4 is 18.3 Å². The summed E-state index contributed by atoms with van der Waals surface area (Å²) in [4.78, 5) is 12.5. The summed E-state index contributed by atoms with van der Waals surface area (Å²) in [5, 5.41) is 3.18. The molecule has 1 amide bonds. The molecule has 0 spiro atoms. The van der Waals surface area contributed by atoms with Gasteiger partial charge >= 0.3 is 0 Å². The molecule has 5 heteroatoms. The Bertz CT molecular complexity index is 775. The highest BCUT2D eigenvalue weighted by Gasteiger charge is 2.45. The molecule has 144 valence electrons. The Hall–Kier alpha value is -1.88. The molecule has 1 heterocycles. The minimum absolute atomic E-state index is 0. The van der Waals surface area contributed by atoms with Gasteiger partial charge in [-0.05, 0) is 36.0 Å². The first-order valence-corrected chi connectivity index (χ1v) is 9.44. The third-order valence-corrected chi connectivity index (χ3v) is 5.88. The molecular weight excluding hydrogens is 360 g/mol. The van der Waals surface area contributed by atoms with E-state index < -0.39 is 0 Å². The second-order valence-corrected chi connectivity index (χ2v) is 7.54. The summed E-state index contributed by atoms with van der Waals surface area (Å²) in [6, 6.07) is 18.9. The Labute approximate surface area is 166 Å². The SMILES string of the molecule is Cl.NCC1(c2ccccc2)CC(NC(=O)CC2OCCc3ccccc32)C1. The van der Waals surface area contributed by atoms with E-state index in [1.807, 2.05) is 18.2 Å². The molecule has 2 aliphatic rings. The molecule has 0 aromatic heterocycles. The van der Waals surface area contributed by atoms with E-state index in [-0.39, 0.29) is 35.9 Å². The van der Waals surface area contributed by atoms with Crippen LogP contribution in [0.15, 0.2) is 54.6 Å². The second-order valence-electron chi connectivity index (χ2n) is 7.54. The van der Waals surface area contributed by atoms with E-state index in [0.717, 1.165) is 24.8 Å². The molecule has 0 saturated heterocycles. The third-order valence-electron chi connectivity index (χ3n) is 5.88. The Kier molecular flexibility index (Phi) is 6.20. The van der Waals surface area contributed by atoms with E-state index in [2.05, 4.69) is 41.7 Å². The van der Waals surface area contributed by atoms with Gasteiger partial charge in [0.2, 0.25) is 5.91 Å². The molecule has 2 aromatic rings. The van der Waals surface area contributed by atoms with Crippen LogP contribution < -0.4 is 11.1 Å². The number of amides is 1. The molecule has 0 radical (unpaired) electrons. The minimum Gasteiger partial charge on any atom is -0.373 e. The lowest BCUT2D eigenvalue weighted by Crippen LogP contribution is -2.56. The highest BCUT2D eigenvalue weighted by Crippen LogP contribution is 2.43. The van der Waals surface area contributed by atoms with E-state index in [0.29, 0.717) is 19.6 Å². The van der Waals surface area contributed by atoms with E-state index in [1.165, 1.54) is 11.1 Å². The zero-order valence-electron chi connectivity index (χ0n) is 15.4. The Morgan fingerprint density at radius 3 is 2.56 bits per heavy atom. The van der Waals surface area contributed by atoms with Crippen LogP contribution in [0, 0.1) is 0 Å². The monoisotopic (exact) mass is 386 g/mol. The average Bonchev–Trinajstić information content (AvgIpc) is 2.65. The van der Waals surface area contributed by atoms with Crippen molar-refractivity contribution in [3.8, 4) is 0 Å². The zero-order chi connectivity index (χ0) is 18.0. The number of ether oxygens (including phenoxy) is 1. The average molecular weight is 387 g/mol. The molecule has 0 bridgehead atoms. The maximum absolute atomic E-state index is 12.5. The fraction of sp³-hybridized carbons (Fsp3) is 0.409. The second kappa shape index (κ2) is 8.42. The van der Waals surface area contributed by atoms with Crippen molar-refractivity contribution < 1.29 is 9.53 Å². The van der Waals surface area contributed by atoms with Gasteiger partial charge in [0.15, 0.2) is 0 Å². The van der Waals surface area contributed by atoms with Gasteiger partial charge in [-0.25, -0.2) is 0 Å². The van der Waals surface area contributed by atoms with E-state index >= 15 is 0 Å². The molecule has 1 aliphatic heterocycles. The predicted molar refractivity (Wildman–Crippen MR) is 109 cm³/mol. The fourth-order valence-corrected chi connectivity index (χ4v) is 4.40. The smallest absolute Gasteiger partial charge is 0.223 e. The lowest BCUT2D eigenvalue weighted by atomic mass is 9.61. The quantitative estimate of drug-likeness (QED) is 0.828. The Morgan fingerprint density at radius 1 is 1.11 bits per heavy atom. The number of hydrogen-bond acceptors (Lipinski definition) is 3. The Balaban J connectivity index is 0.00000210. The van der Waals surface area contributed by atoms with Gasteiger partial charge in [-0.3, -0.25) is 4.79 Å². The van der Waals surface area contributed by atoms with Crippen LogP contribution in [0.2, 0.25) is 0 Å². The van der Waals surface area contributed by atoms with Crippen molar-refractivity contribution in [1.82, 2.24) is 5.32 Å². The van der Waals surface area contributed by atoms with Gasteiger partial charge in [0, 0.05) is 18.0 Å². The van der Waals surface area contributed by atoms with Crippen molar-refractivity contribution in [3.63, 3.8) is 0 Å². The van der Waals surface area contributed by atoms with Gasteiger partial charge in [-0.15, -0.1) is 12.4 Å². The van der Waals surface area contributed by atoms with Crippen LogP contribution in [-0.4, -0.2) is 25.1 Å². The van der Waals surface area contributed by atoms with Crippen LogP contribution in [0.3, 0.4) is 0 Å². The number of nitrogens with two attached hydrogens (primary N) is 1. The molecule has 1 aliphatic carbocycles. The van der Waals surface area contributed by atoms with Crippen LogP contribution in [0.25, 0.3) is 0 Å². The molecule has 1 unspecified atom stereocenters. The Morgan fingerprint density at radius 2 is 1.81 bits per heavy atom. The number of nitrogens with one attached hydrogen (secondary N) is 1. The number of hydrogen-bond donors (Lipinski definition) is 2. The fourth-order valence-electron chi connectivity index (χ4n) is 4.40. The van der Waals surface area contributed by atoms with Crippen LogP contribution in [-0.2, 0) is 21.4 Å². The normalized spacial score (nSPS) is 26.3. The first-order chi connectivity index (χ1) is 12.7. The van der Waals surface area contributed by atoms with Crippen molar-refractivity contribution in [3.05, 3.63) is 71.3 Å². The molecule has 1 saturated carbocycles. The topological polar surface area (TPSA) is 64.3 Å². The largest absolute Gasteiger partial charge is 0.373 e. The standard InChI is InChI=1S/C22H26N2O2.ClH/c23-15-22(17-7-2-1-3-8-17)13-18(14-22)24-21(25)12-20-19-9-5-4-6-16(19)10-11-26-20;/h1-9,18,20H,10-15,23H2,(H,24,25);1H. The number of halogens is 1. The summed E-state index contributed by atoms with van der Waals surface area (Å²) in [7, 11) is 0. The molecule has 2 aromatic carbocycles. The maximum atomic E-state index is 12.5. The molecule has 27 heavy (non-hydrogen) atoms. The van der Waals surface area contributed by atoms with Gasteiger partial charge in [0.1, 0.15) is 0 Å². The molecule has 4 nitrogen and oxygen atoms in total. The van der Waals surface area contributed by atoms with E-state index in [9.17, 15) is 4.79 Å². The highest BCUT2D eigenvalue weighted by atomic mass is 35.5. The number of carbonyl (C=O) groups excluding carboxylic acids is 1. The lowest BCUT2D eigenvalue weighted by molar-refractivity contribution is -0.126. The van der Waals surface area contributed by atoms with Crippen LogP contribution >= 0.6 is 12.4 Å². The lowest BCUT2D eigenvalue weighted by Gasteiger charge is -2.48. The molecule has 1 fully saturated rings. The van der Waals surface area contributed by atoms with Gasteiger partial charge < -0.3 is 15.8 Å². The van der Waals surface area contributed by atoms with Gasteiger partial charge in [-0.1, -0.05) is 54.6 Å². The molecule has 3 N–H and O–H groups in total. The summed E-state index contributed by atoms with van der Waals surface area (Å²) < 4.78 is 5.86. The summed E-state index contributed by atoms with van der Waals surface area (Å²) in [5.74, 6) is 0.0652. The predicted octanol–water partition coefficient (Wildman–Crippen LogP) is 3.29. The summed E-state index contributed by atoms with van der Waals surface area (Å²) in [6.45, 7) is 1.30.